The van der Waals surface area contributed by atoms with E-state index in [2.05, 4.69) is 4.98 Å². The van der Waals surface area contributed by atoms with Crippen LogP contribution in [-0.4, -0.2) is 28.4 Å². The van der Waals surface area contributed by atoms with Crippen molar-refractivity contribution in [3.05, 3.63) is 27.9 Å². The number of carbonyl (C=O) groups excluding carboxylic acids is 1. The maximum absolute atomic E-state index is 11.2. The number of pyridine rings is 1. The number of amides is 1. The average Bonchev–Trinajstić information content (AvgIpc) is 2.39. The van der Waals surface area contributed by atoms with E-state index < -0.39 is 10.8 Å². The summed E-state index contributed by atoms with van der Waals surface area (Å²) in [7, 11) is 0. The van der Waals surface area contributed by atoms with Crippen molar-refractivity contribution in [1.82, 2.24) is 4.98 Å². The third kappa shape index (κ3) is 3.04. The van der Waals surface area contributed by atoms with Crippen LogP contribution in [0.4, 0.5) is 11.5 Å². The molecule has 1 atom stereocenters. The summed E-state index contributed by atoms with van der Waals surface area (Å²) in [4.78, 5) is 28.0. The summed E-state index contributed by atoms with van der Waals surface area (Å²) in [5.41, 5.74) is 5.99. The van der Waals surface area contributed by atoms with E-state index in [1.807, 2.05) is 4.90 Å². The summed E-state index contributed by atoms with van der Waals surface area (Å²) >= 11 is 0. The predicted molar refractivity (Wildman–Crippen MR) is 74.4 cm³/mol. The molecule has 0 aromatic carbocycles. The molecule has 0 aliphatic carbocycles. The highest BCUT2D eigenvalue weighted by Gasteiger charge is 2.30. The molecule has 20 heavy (non-hydrogen) atoms. The quantitative estimate of drug-likeness (QED) is 0.664. The van der Waals surface area contributed by atoms with Gasteiger partial charge in [-0.25, -0.2) is 4.98 Å². The molecule has 0 spiro atoms. The number of primary amides is 1. The van der Waals surface area contributed by atoms with Crippen molar-refractivity contribution in [3.8, 4) is 0 Å². The molecule has 1 fully saturated rings. The zero-order chi connectivity index (χ0) is 14.7. The second kappa shape index (κ2) is 5.85. The van der Waals surface area contributed by atoms with Crippen LogP contribution >= 0.6 is 0 Å². The monoisotopic (exact) mass is 278 g/mol. The number of aromatic nitrogens is 1. The number of nitro groups is 1. The molecule has 1 unspecified atom stereocenters. The first-order valence-corrected chi connectivity index (χ1v) is 6.65. The molecule has 1 aromatic rings. The highest BCUT2D eigenvalue weighted by atomic mass is 16.6. The van der Waals surface area contributed by atoms with Gasteiger partial charge in [0.25, 0.3) is 0 Å². The van der Waals surface area contributed by atoms with E-state index in [9.17, 15) is 14.9 Å². The number of hydrogen-bond donors (Lipinski definition) is 1. The lowest BCUT2D eigenvalue weighted by molar-refractivity contribution is -0.384. The Balaban J connectivity index is 2.36. The molecule has 0 radical (unpaired) electrons. The van der Waals surface area contributed by atoms with Crippen LogP contribution in [0.1, 0.15) is 31.2 Å². The fourth-order valence-electron chi connectivity index (χ4n) is 2.63. The van der Waals surface area contributed by atoms with Crippen LogP contribution in [0.5, 0.6) is 0 Å². The van der Waals surface area contributed by atoms with Crippen molar-refractivity contribution in [2.24, 2.45) is 5.73 Å². The van der Waals surface area contributed by atoms with Gasteiger partial charge in [-0.2, -0.15) is 0 Å². The van der Waals surface area contributed by atoms with Gasteiger partial charge in [0.1, 0.15) is 0 Å². The molecule has 1 aromatic heterocycles. The topological polar surface area (TPSA) is 102 Å². The van der Waals surface area contributed by atoms with E-state index >= 15 is 0 Å². The lowest BCUT2D eigenvalue weighted by atomic mass is 9.99. The Kier molecular flexibility index (Phi) is 4.16. The molecule has 1 aliphatic rings. The van der Waals surface area contributed by atoms with E-state index in [0.717, 1.165) is 24.8 Å². The molecule has 2 N–H and O–H groups in total. The Bertz CT molecular complexity index is 532. The Labute approximate surface area is 116 Å². The summed E-state index contributed by atoms with van der Waals surface area (Å²) in [6, 6.07) is 1.41. The van der Waals surface area contributed by atoms with Crippen LogP contribution in [0.2, 0.25) is 0 Å². The second-order valence-corrected chi connectivity index (χ2v) is 5.13. The Morgan fingerprint density at radius 3 is 3.00 bits per heavy atom. The minimum atomic E-state index is -0.425. The highest BCUT2D eigenvalue weighted by Crippen LogP contribution is 2.32. The van der Waals surface area contributed by atoms with E-state index in [0.29, 0.717) is 12.4 Å². The highest BCUT2D eigenvalue weighted by molar-refractivity contribution is 5.75. The average molecular weight is 278 g/mol. The fourth-order valence-corrected chi connectivity index (χ4v) is 2.63. The molecule has 1 aliphatic heterocycles. The number of aryl methyl sites for hydroxylation is 1. The molecule has 0 saturated carbocycles. The van der Waals surface area contributed by atoms with Crippen LogP contribution < -0.4 is 10.6 Å². The van der Waals surface area contributed by atoms with Gasteiger partial charge in [-0.3, -0.25) is 14.9 Å². The maximum atomic E-state index is 11.2. The maximum Gasteiger partial charge on any atom is 0.311 e. The van der Waals surface area contributed by atoms with Crippen molar-refractivity contribution in [2.45, 2.75) is 38.6 Å². The summed E-state index contributed by atoms with van der Waals surface area (Å²) in [5, 5.41) is 11.2. The molecule has 0 bridgehead atoms. The van der Waals surface area contributed by atoms with Gasteiger partial charge in [-0.05, 0) is 31.7 Å². The van der Waals surface area contributed by atoms with E-state index in [1.54, 1.807) is 13.1 Å². The van der Waals surface area contributed by atoms with Gasteiger partial charge in [0.05, 0.1) is 4.92 Å². The number of anilines is 1. The third-order valence-electron chi connectivity index (χ3n) is 3.52. The number of nitrogens with two attached hydrogens (primary N) is 1. The van der Waals surface area contributed by atoms with Gasteiger partial charge in [0.2, 0.25) is 11.7 Å². The molecule has 7 heteroatoms. The molecule has 1 saturated heterocycles. The summed E-state index contributed by atoms with van der Waals surface area (Å²) in [6.45, 7) is 2.43. The van der Waals surface area contributed by atoms with Gasteiger partial charge in [-0.15, -0.1) is 0 Å². The van der Waals surface area contributed by atoms with Crippen LogP contribution in [0, 0.1) is 17.0 Å². The van der Waals surface area contributed by atoms with Crippen molar-refractivity contribution >= 4 is 17.4 Å². The second-order valence-electron chi connectivity index (χ2n) is 5.13. The molecule has 108 valence electrons. The minimum Gasteiger partial charge on any atom is -0.370 e. The van der Waals surface area contributed by atoms with Gasteiger partial charge in [0.15, 0.2) is 0 Å². The third-order valence-corrected chi connectivity index (χ3v) is 3.52. The predicted octanol–water partition coefficient (Wildman–Crippen LogP) is 1.53. The van der Waals surface area contributed by atoms with Crippen LogP contribution in [0.25, 0.3) is 0 Å². The smallest absolute Gasteiger partial charge is 0.311 e. The number of rotatable bonds is 4. The zero-order valence-corrected chi connectivity index (χ0v) is 11.4. The van der Waals surface area contributed by atoms with E-state index in [4.69, 9.17) is 5.73 Å². The van der Waals surface area contributed by atoms with Crippen molar-refractivity contribution in [1.29, 1.82) is 0 Å². The molecule has 2 rings (SSSR count). The molecule has 7 nitrogen and oxygen atoms in total. The first-order valence-electron chi connectivity index (χ1n) is 6.65. The van der Waals surface area contributed by atoms with Crippen molar-refractivity contribution in [2.75, 3.05) is 11.4 Å². The van der Waals surface area contributed by atoms with Crippen molar-refractivity contribution < 1.29 is 9.72 Å². The standard InChI is InChI=1S/C13H18N4O3/c1-9-6-11(17(19)20)13(15-8-9)16-5-3-2-4-10(16)7-12(14)18/h6,8,10H,2-5,7H2,1H3,(H2,14,18). The lowest BCUT2D eigenvalue weighted by Gasteiger charge is -2.35. The van der Waals surface area contributed by atoms with Gasteiger partial charge in [0, 0.05) is 31.3 Å². The Hall–Kier alpha value is -2.18. The van der Waals surface area contributed by atoms with Gasteiger partial charge in [-0.1, -0.05) is 0 Å². The molecular formula is C13H18N4O3. The number of nitrogens with zero attached hydrogens (tertiary/aromatic N) is 3. The largest absolute Gasteiger partial charge is 0.370 e. The number of hydrogen-bond acceptors (Lipinski definition) is 5. The Morgan fingerprint density at radius 2 is 2.35 bits per heavy atom. The molecular weight excluding hydrogens is 260 g/mol. The first kappa shape index (κ1) is 14.2. The summed E-state index contributed by atoms with van der Waals surface area (Å²) < 4.78 is 0. The Morgan fingerprint density at radius 1 is 1.60 bits per heavy atom. The van der Waals surface area contributed by atoms with Crippen LogP contribution in [0.15, 0.2) is 12.3 Å². The normalized spacial score (nSPS) is 18.9. The van der Waals surface area contributed by atoms with Crippen LogP contribution in [-0.2, 0) is 4.79 Å². The van der Waals surface area contributed by atoms with Gasteiger partial charge >= 0.3 is 5.69 Å². The molecule has 1 amide bonds. The SMILES string of the molecule is Cc1cnc(N2CCCCC2CC(N)=O)c([N+](=O)[O-])c1. The summed E-state index contributed by atoms with van der Waals surface area (Å²) in [6.07, 6.45) is 4.54. The van der Waals surface area contributed by atoms with Gasteiger partial charge < -0.3 is 10.6 Å². The lowest BCUT2D eigenvalue weighted by Crippen LogP contribution is -2.42. The first-order chi connectivity index (χ1) is 9.49. The number of piperidine rings is 1. The van der Waals surface area contributed by atoms with Crippen LogP contribution in [0.3, 0.4) is 0 Å². The van der Waals surface area contributed by atoms with E-state index in [1.165, 1.54) is 6.07 Å². The summed E-state index contributed by atoms with van der Waals surface area (Å²) in [5.74, 6) is -0.0526. The minimum absolute atomic E-state index is 0.0126. The molecule has 2 heterocycles. The fraction of sp³-hybridized carbons (Fsp3) is 0.538. The number of carbonyl (C=O) groups is 1. The zero-order valence-electron chi connectivity index (χ0n) is 11.4. The van der Waals surface area contributed by atoms with Crippen molar-refractivity contribution in [3.63, 3.8) is 0 Å². The van der Waals surface area contributed by atoms with E-state index in [-0.39, 0.29) is 18.2 Å².